The smallest absolute Gasteiger partial charge is 0.329 e. The van der Waals surface area contributed by atoms with E-state index in [1.54, 1.807) is 36.4 Å². The quantitative estimate of drug-likeness (QED) is 0.513. The molecule has 0 spiro atoms. The van der Waals surface area contributed by atoms with Gasteiger partial charge in [-0.2, -0.15) is 0 Å². The van der Waals surface area contributed by atoms with Crippen LogP contribution in [0.2, 0.25) is 0 Å². The van der Waals surface area contributed by atoms with Crippen molar-refractivity contribution in [1.29, 1.82) is 0 Å². The Kier molecular flexibility index (Phi) is 6.55. The van der Waals surface area contributed by atoms with E-state index >= 15 is 0 Å². The summed E-state index contributed by atoms with van der Waals surface area (Å²) < 4.78 is 25.0. The van der Waals surface area contributed by atoms with Gasteiger partial charge in [0.1, 0.15) is 23.8 Å². The zero-order chi connectivity index (χ0) is 23.4. The van der Waals surface area contributed by atoms with Gasteiger partial charge < -0.3 is 25.0 Å². The third kappa shape index (κ3) is 5.12. The van der Waals surface area contributed by atoms with Gasteiger partial charge in [-0.15, -0.1) is 0 Å². The van der Waals surface area contributed by atoms with Crippen LogP contribution in [-0.2, 0) is 14.3 Å². The van der Waals surface area contributed by atoms with Gasteiger partial charge in [0.15, 0.2) is 0 Å². The predicted molar refractivity (Wildman–Crippen MR) is 119 cm³/mol. The van der Waals surface area contributed by atoms with Gasteiger partial charge in [0, 0.05) is 18.8 Å². The summed E-state index contributed by atoms with van der Waals surface area (Å²) in [5, 5.41) is 5.06. The number of methoxy groups -OCH3 is 1. The molecule has 2 aliphatic rings. The highest BCUT2D eigenvalue weighted by molar-refractivity contribution is 6.15. The highest BCUT2D eigenvalue weighted by Gasteiger charge is 2.35. The Labute approximate surface area is 189 Å². The van der Waals surface area contributed by atoms with Gasteiger partial charge >= 0.3 is 6.03 Å². The second-order valence-corrected chi connectivity index (χ2v) is 7.47. The molecule has 0 aliphatic carbocycles. The molecule has 33 heavy (non-hydrogen) atoms. The maximum Gasteiger partial charge on any atom is 0.329 e. The maximum atomic E-state index is 14.6. The van der Waals surface area contributed by atoms with E-state index in [1.165, 1.54) is 19.3 Å². The Morgan fingerprint density at radius 3 is 2.58 bits per heavy atom. The van der Waals surface area contributed by atoms with Crippen LogP contribution in [0.25, 0.3) is 6.08 Å². The van der Waals surface area contributed by atoms with E-state index in [9.17, 15) is 18.8 Å². The summed E-state index contributed by atoms with van der Waals surface area (Å²) in [5.74, 6) is -1.00. The number of nitrogens with one attached hydrogen (secondary N) is 2. The first-order valence-corrected chi connectivity index (χ1v) is 10.4. The van der Waals surface area contributed by atoms with E-state index in [0.717, 1.165) is 4.90 Å². The number of halogens is 1. The molecule has 0 bridgehead atoms. The number of carbonyl (C=O) groups is 3. The van der Waals surface area contributed by atoms with Crippen molar-refractivity contribution in [2.45, 2.75) is 0 Å². The number of morpholine rings is 1. The van der Waals surface area contributed by atoms with Crippen LogP contribution in [0.15, 0.2) is 48.2 Å². The van der Waals surface area contributed by atoms with Gasteiger partial charge in [-0.1, -0.05) is 6.07 Å². The van der Waals surface area contributed by atoms with Gasteiger partial charge in [0.2, 0.25) is 5.91 Å². The van der Waals surface area contributed by atoms with Crippen LogP contribution in [0.4, 0.5) is 20.6 Å². The molecule has 4 rings (SSSR count). The van der Waals surface area contributed by atoms with Crippen molar-refractivity contribution in [2.75, 3.05) is 50.2 Å². The van der Waals surface area contributed by atoms with Crippen molar-refractivity contribution >= 4 is 35.3 Å². The van der Waals surface area contributed by atoms with Crippen LogP contribution in [0.3, 0.4) is 0 Å². The predicted octanol–water partition coefficient (Wildman–Crippen LogP) is 2.20. The molecule has 2 aromatic carbocycles. The van der Waals surface area contributed by atoms with Gasteiger partial charge in [-0.3, -0.25) is 9.59 Å². The van der Waals surface area contributed by atoms with E-state index in [2.05, 4.69) is 10.6 Å². The van der Waals surface area contributed by atoms with Crippen LogP contribution in [0.5, 0.6) is 5.75 Å². The molecule has 2 saturated heterocycles. The number of imide groups is 1. The number of hydrogen-bond donors (Lipinski definition) is 2. The zero-order valence-corrected chi connectivity index (χ0v) is 18.0. The minimum Gasteiger partial charge on any atom is -0.497 e. The van der Waals surface area contributed by atoms with Crippen molar-refractivity contribution in [3.8, 4) is 5.75 Å². The minimum atomic E-state index is -0.721. The number of nitrogens with zero attached hydrogens (tertiary/aromatic N) is 2. The van der Waals surface area contributed by atoms with Crippen LogP contribution in [0, 0.1) is 5.82 Å². The number of benzene rings is 2. The highest BCUT2D eigenvalue weighted by Crippen LogP contribution is 2.23. The van der Waals surface area contributed by atoms with Crippen molar-refractivity contribution in [1.82, 2.24) is 10.2 Å². The average Bonchev–Trinajstić information content (AvgIpc) is 3.07. The molecule has 2 fully saturated rings. The highest BCUT2D eigenvalue weighted by atomic mass is 19.1. The summed E-state index contributed by atoms with van der Waals surface area (Å²) in [5.41, 5.74) is 1.34. The minimum absolute atomic E-state index is 0.0317. The van der Waals surface area contributed by atoms with Crippen molar-refractivity contribution in [3.63, 3.8) is 0 Å². The number of hydrogen-bond acceptors (Lipinski definition) is 6. The van der Waals surface area contributed by atoms with Crippen LogP contribution < -0.4 is 20.3 Å². The number of amides is 4. The van der Waals surface area contributed by atoms with E-state index in [-0.39, 0.29) is 5.70 Å². The number of urea groups is 1. The average molecular weight is 454 g/mol. The van der Waals surface area contributed by atoms with Gasteiger partial charge in [-0.05, 0) is 48.0 Å². The number of rotatable bonds is 6. The lowest BCUT2D eigenvalue weighted by Crippen LogP contribution is -2.38. The fraction of sp³-hybridized carbons (Fsp3) is 0.261. The summed E-state index contributed by atoms with van der Waals surface area (Å²) in [7, 11) is 1.53. The van der Waals surface area contributed by atoms with Crippen molar-refractivity contribution < 1.29 is 28.2 Å². The number of carbonyl (C=O) groups excluding carboxylic acids is 3. The number of ether oxygens (including phenoxy) is 2. The first kappa shape index (κ1) is 22.3. The molecule has 10 heteroatoms. The Morgan fingerprint density at radius 2 is 1.91 bits per heavy atom. The lowest BCUT2D eigenvalue weighted by atomic mass is 10.1. The fourth-order valence-electron chi connectivity index (χ4n) is 3.57. The molecular weight excluding hydrogens is 431 g/mol. The topological polar surface area (TPSA) is 100 Å². The normalized spacial score (nSPS) is 17.3. The van der Waals surface area contributed by atoms with Crippen LogP contribution in [0.1, 0.15) is 5.56 Å². The Hall–Kier alpha value is -3.92. The Balaban J connectivity index is 1.41. The second kappa shape index (κ2) is 9.70. The molecule has 0 atom stereocenters. The molecule has 2 heterocycles. The summed E-state index contributed by atoms with van der Waals surface area (Å²) in [4.78, 5) is 39.9. The van der Waals surface area contributed by atoms with Gasteiger partial charge in [0.05, 0.1) is 26.0 Å². The third-order valence-corrected chi connectivity index (χ3v) is 5.27. The molecular formula is C23H23FN4O5. The van der Waals surface area contributed by atoms with Crippen LogP contribution in [-0.4, -0.2) is 62.7 Å². The summed E-state index contributed by atoms with van der Waals surface area (Å²) in [6.45, 7) is 1.80. The molecule has 2 aromatic rings. The largest absolute Gasteiger partial charge is 0.497 e. The number of anilines is 2. The fourth-order valence-corrected chi connectivity index (χ4v) is 3.57. The SMILES string of the molecule is COc1ccc(NC(=O)CN2C(=O)N/C(=C\c3ccc(N4CCOCC4)c(F)c3)C2=O)cc1. The monoisotopic (exact) mass is 454 g/mol. The van der Waals surface area contributed by atoms with Crippen molar-refractivity contribution in [2.24, 2.45) is 0 Å². The van der Waals surface area contributed by atoms with Gasteiger partial charge in [0.25, 0.3) is 5.91 Å². The first-order valence-electron chi connectivity index (χ1n) is 10.4. The lowest BCUT2D eigenvalue weighted by molar-refractivity contribution is -0.127. The van der Waals surface area contributed by atoms with E-state index in [4.69, 9.17) is 9.47 Å². The molecule has 9 nitrogen and oxygen atoms in total. The third-order valence-electron chi connectivity index (χ3n) is 5.27. The Morgan fingerprint density at radius 1 is 1.18 bits per heavy atom. The standard InChI is InChI=1S/C23H23FN4O5/c1-32-17-5-3-16(4-6-17)25-21(29)14-28-22(30)19(26-23(28)31)13-15-2-7-20(18(24)12-15)27-8-10-33-11-9-27/h2-7,12-13H,8-11,14H2,1H3,(H,25,29)(H,26,31)/b19-13-. The van der Waals surface area contributed by atoms with E-state index in [1.807, 2.05) is 4.90 Å². The molecule has 0 saturated carbocycles. The van der Waals surface area contributed by atoms with E-state index in [0.29, 0.717) is 49.0 Å². The summed E-state index contributed by atoms with van der Waals surface area (Å²) >= 11 is 0. The molecule has 0 radical (unpaired) electrons. The van der Waals surface area contributed by atoms with Crippen LogP contribution >= 0.6 is 0 Å². The van der Waals surface area contributed by atoms with Crippen molar-refractivity contribution in [3.05, 3.63) is 59.5 Å². The molecule has 172 valence electrons. The summed E-state index contributed by atoms with van der Waals surface area (Å²) in [6, 6.07) is 10.5. The van der Waals surface area contributed by atoms with Gasteiger partial charge in [-0.25, -0.2) is 14.1 Å². The first-order chi connectivity index (χ1) is 15.9. The lowest BCUT2D eigenvalue weighted by Gasteiger charge is -2.29. The maximum absolute atomic E-state index is 14.6. The van der Waals surface area contributed by atoms with E-state index < -0.39 is 30.2 Å². The zero-order valence-electron chi connectivity index (χ0n) is 18.0. The molecule has 0 unspecified atom stereocenters. The summed E-state index contributed by atoms with van der Waals surface area (Å²) in [6.07, 6.45) is 1.38. The molecule has 4 amide bonds. The molecule has 2 N–H and O–H groups in total. The molecule has 2 aliphatic heterocycles. The Bertz CT molecular complexity index is 1100. The molecule has 0 aromatic heterocycles. The second-order valence-electron chi connectivity index (χ2n) is 7.47.